The molecule has 7 heteroatoms. The second-order valence-electron chi connectivity index (χ2n) is 4.97. The molecule has 0 fully saturated rings. The number of ether oxygens (including phenoxy) is 2. The number of benzene rings is 2. The van der Waals surface area contributed by atoms with Gasteiger partial charge in [0, 0.05) is 17.8 Å². The predicted molar refractivity (Wildman–Crippen MR) is 87.9 cm³/mol. The lowest BCUT2D eigenvalue weighted by molar-refractivity contribution is 0.170. The van der Waals surface area contributed by atoms with Gasteiger partial charge in [-0.1, -0.05) is 0 Å². The van der Waals surface area contributed by atoms with E-state index in [-0.39, 0.29) is 12.4 Å². The third kappa shape index (κ3) is 4.60. The number of carbonyl (C=O) groups is 1. The first-order chi connectivity index (χ1) is 11.5. The molecule has 0 bridgehead atoms. The largest absolute Gasteiger partial charge is 0.497 e. The molecule has 0 aliphatic carbocycles. The van der Waals surface area contributed by atoms with E-state index in [2.05, 4.69) is 10.6 Å². The summed E-state index contributed by atoms with van der Waals surface area (Å²) in [5.74, 6) is 0.672. The highest BCUT2D eigenvalue weighted by Gasteiger charge is 2.15. The number of anilines is 1. The maximum Gasteiger partial charge on any atom is 0.319 e. The molecule has 0 heterocycles. The zero-order valence-electron chi connectivity index (χ0n) is 13.4. The number of halogens is 1. The van der Waals surface area contributed by atoms with Gasteiger partial charge in [-0.2, -0.15) is 0 Å². The van der Waals surface area contributed by atoms with Crippen LogP contribution in [-0.2, 0) is 0 Å². The number of carbonyl (C=O) groups excluding carboxylic acids is 1. The minimum absolute atomic E-state index is 0.0312. The van der Waals surface area contributed by atoms with Gasteiger partial charge in [0.1, 0.15) is 23.4 Å². The molecular formula is C17H19FN2O4. The van der Waals surface area contributed by atoms with Crippen LogP contribution < -0.4 is 20.1 Å². The van der Waals surface area contributed by atoms with E-state index in [9.17, 15) is 14.3 Å². The van der Waals surface area contributed by atoms with Gasteiger partial charge in [-0.05, 0) is 42.5 Å². The summed E-state index contributed by atoms with van der Waals surface area (Å²) in [6, 6.07) is 9.88. The Morgan fingerprint density at radius 2 is 1.88 bits per heavy atom. The highest BCUT2D eigenvalue weighted by Crippen LogP contribution is 2.29. The van der Waals surface area contributed by atoms with Crippen molar-refractivity contribution in [2.75, 3.05) is 26.1 Å². The van der Waals surface area contributed by atoms with Crippen molar-refractivity contribution in [3.8, 4) is 11.5 Å². The molecule has 2 amide bonds. The van der Waals surface area contributed by atoms with Crippen LogP contribution in [0, 0.1) is 5.82 Å². The normalized spacial score (nSPS) is 11.5. The second-order valence-corrected chi connectivity index (χ2v) is 4.97. The van der Waals surface area contributed by atoms with Gasteiger partial charge >= 0.3 is 6.03 Å². The molecule has 0 spiro atoms. The highest BCUT2D eigenvalue weighted by atomic mass is 19.1. The van der Waals surface area contributed by atoms with Crippen molar-refractivity contribution in [1.82, 2.24) is 5.32 Å². The van der Waals surface area contributed by atoms with Gasteiger partial charge in [0.15, 0.2) is 0 Å². The van der Waals surface area contributed by atoms with Crippen molar-refractivity contribution in [2.45, 2.75) is 6.10 Å². The lowest BCUT2D eigenvalue weighted by Crippen LogP contribution is -2.32. The van der Waals surface area contributed by atoms with E-state index in [0.717, 1.165) is 0 Å². The van der Waals surface area contributed by atoms with Crippen molar-refractivity contribution in [3.05, 3.63) is 53.8 Å². The molecule has 24 heavy (non-hydrogen) atoms. The first-order valence-corrected chi connectivity index (χ1v) is 7.24. The van der Waals surface area contributed by atoms with Crippen LogP contribution in [-0.4, -0.2) is 31.9 Å². The third-order valence-corrected chi connectivity index (χ3v) is 3.35. The smallest absolute Gasteiger partial charge is 0.319 e. The quantitative estimate of drug-likeness (QED) is 0.759. The van der Waals surface area contributed by atoms with Crippen molar-refractivity contribution in [3.63, 3.8) is 0 Å². The lowest BCUT2D eigenvalue weighted by Gasteiger charge is -2.17. The Hall–Kier alpha value is -2.80. The van der Waals surface area contributed by atoms with E-state index in [1.807, 2.05) is 0 Å². The number of amides is 2. The van der Waals surface area contributed by atoms with Crippen LogP contribution in [0.5, 0.6) is 11.5 Å². The highest BCUT2D eigenvalue weighted by molar-refractivity contribution is 5.89. The van der Waals surface area contributed by atoms with Crippen molar-refractivity contribution < 1.29 is 23.8 Å². The van der Waals surface area contributed by atoms with E-state index >= 15 is 0 Å². The lowest BCUT2D eigenvalue weighted by atomic mass is 10.1. The fourth-order valence-electron chi connectivity index (χ4n) is 2.11. The van der Waals surface area contributed by atoms with Gasteiger partial charge in [-0.15, -0.1) is 0 Å². The average molecular weight is 334 g/mol. The first kappa shape index (κ1) is 17.6. The second kappa shape index (κ2) is 8.16. The molecule has 0 saturated heterocycles. The number of aliphatic hydroxyl groups excluding tert-OH is 1. The van der Waals surface area contributed by atoms with Gasteiger partial charge in [-0.25, -0.2) is 9.18 Å². The molecule has 0 saturated carbocycles. The van der Waals surface area contributed by atoms with Crippen LogP contribution in [0.25, 0.3) is 0 Å². The predicted octanol–water partition coefficient (Wildman–Crippen LogP) is 2.70. The van der Waals surface area contributed by atoms with E-state index in [1.165, 1.54) is 38.5 Å². The maximum absolute atomic E-state index is 12.8. The van der Waals surface area contributed by atoms with Gasteiger partial charge in [-0.3, -0.25) is 0 Å². The number of rotatable bonds is 6. The summed E-state index contributed by atoms with van der Waals surface area (Å²) >= 11 is 0. The van der Waals surface area contributed by atoms with Gasteiger partial charge < -0.3 is 25.2 Å². The summed E-state index contributed by atoms with van der Waals surface area (Å²) in [7, 11) is 3.01. The fraction of sp³-hybridized carbons (Fsp3) is 0.235. The van der Waals surface area contributed by atoms with Crippen molar-refractivity contribution in [1.29, 1.82) is 0 Å². The fourth-order valence-corrected chi connectivity index (χ4v) is 2.11. The average Bonchev–Trinajstić information content (AvgIpc) is 2.61. The van der Waals surface area contributed by atoms with Gasteiger partial charge in [0.25, 0.3) is 0 Å². The van der Waals surface area contributed by atoms with E-state index in [4.69, 9.17) is 9.47 Å². The monoisotopic (exact) mass is 334 g/mol. The number of hydrogen-bond acceptors (Lipinski definition) is 4. The topological polar surface area (TPSA) is 79.8 Å². The van der Waals surface area contributed by atoms with E-state index in [0.29, 0.717) is 22.7 Å². The standard InChI is InChI=1S/C17H19FN2O4/c1-23-13-7-8-16(24-2)14(9-13)15(21)10-19-17(22)20-12-5-3-11(18)4-6-12/h3-9,15,21H,10H2,1-2H3,(H2,19,20,22)/t15-/m0/s1. The van der Waals surface area contributed by atoms with E-state index < -0.39 is 12.1 Å². The van der Waals surface area contributed by atoms with Crippen LogP contribution in [0.1, 0.15) is 11.7 Å². The molecule has 2 aromatic carbocycles. The van der Waals surface area contributed by atoms with Crippen LogP contribution in [0.15, 0.2) is 42.5 Å². The Labute approximate surface area is 139 Å². The number of nitrogens with one attached hydrogen (secondary N) is 2. The molecule has 2 aromatic rings. The van der Waals surface area contributed by atoms with Crippen LogP contribution in [0.3, 0.4) is 0 Å². The minimum atomic E-state index is -0.978. The van der Waals surface area contributed by atoms with Crippen molar-refractivity contribution >= 4 is 11.7 Å². The molecule has 0 aliphatic rings. The van der Waals surface area contributed by atoms with Crippen LogP contribution in [0.4, 0.5) is 14.9 Å². The molecular weight excluding hydrogens is 315 g/mol. The first-order valence-electron chi connectivity index (χ1n) is 7.24. The zero-order valence-corrected chi connectivity index (χ0v) is 13.4. The number of hydrogen-bond donors (Lipinski definition) is 3. The number of urea groups is 1. The van der Waals surface area contributed by atoms with Crippen molar-refractivity contribution in [2.24, 2.45) is 0 Å². The molecule has 2 rings (SSSR count). The summed E-state index contributed by atoms with van der Waals surface area (Å²) in [6.07, 6.45) is -0.978. The summed E-state index contributed by atoms with van der Waals surface area (Å²) in [5.41, 5.74) is 0.946. The van der Waals surface area contributed by atoms with Crippen LogP contribution in [0.2, 0.25) is 0 Å². The zero-order chi connectivity index (χ0) is 17.5. The molecule has 0 unspecified atom stereocenters. The number of methoxy groups -OCH3 is 2. The molecule has 1 atom stereocenters. The summed E-state index contributed by atoms with van der Waals surface area (Å²) < 4.78 is 23.1. The molecule has 0 radical (unpaired) electrons. The van der Waals surface area contributed by atoms with Crippen LogP contribution >= 0.6 is 0 Å². The third-order valence-electron chi connectivity index (χ3n) is 3.35. The molecule has 0 aliphatic heterocycles. The Bertz CT molecular complexity index is 691. The molecule has 3 N–H and O–H groups in total. The van der Waals surface area contributed by atoms with Gasteiger partial charge in [0.2, 0.25) is 0 Å². The summed E-state index contributed by atoms with van der Waals surface area (Å²) in [5, 5.41) is 15.4. The number of aliphatic hydroxyl groups is 1. The summed E-state index contributed by atoms with van der Waals surface area (Å²) in [6.45, 7) is -0.0312. The Morgan fingerprint density at radius 3 is 2.50 bits per heavy atom. The molecule has 0 aromatic heterocycles. The van der Waals surface area contributed by atoms with Gasteiger partial charge in [0.05, 0.1) is 14.2 Å². The maximum atomic E-state index is 12.8. The minimum Gasteiger partial charge on any atom is -0.497 e. The van der Waals surface area contributed by atoms with E-state index in [1.54, 1.807) is 18.2 Å². The SMILES string of the molecule is COc1ccc(OC)c([C@@H](O)CNC(=O)Nc2ccc(F)cc2)c1. The molecule has 128 valence electrons. The molecule has 6 nitrogen and oxygen atoms in total. The summed E-state index contributed by atoms with van der Waals surface area (Å²) in [4.78, 5) is 11.8. The Balaban J connectivity index is 1.95. The Morgan fingerprint density at radius 1 is 1.17 bits per heavy atom. The Kier molecular flexibility index (Phi) is 5.97.